The second-order valence-electron chi connectivity index (χ2n) is 4.14. The summed E-state index contributed by atoms with van der Waals surface area (Å²) in [4.78, 5) is 0. The number of aryl methyl sites for hydroxylation is 2. The molecule has 2 rings (SSSR count). The molecule has 0 aliphatic heterocycles. The highest BCUT2D eigenvalue weighted by molar-refractivity contribution is 9.11. The minimum absolute atomic E-state index is 0.0511. The van der Waals surface area contributed by atoms with E-state index in [4.69, 9.17) is 0 Å². The Morgan fingerprint density at radius 2 is 1.95 bits per heavy atom. The van der Waals surface area contributed by atoms with Crippen molar-refractivity contribution in [3.8, 4) is 5.75 Å². The molecule has 102 valence electrons. The van der Waals surface area contributed by atoms with E-state index in [-0.39, 0.29) is 15.6 Å². The quantitative estimate of drug-likeness (QED) is 0.820. The lowest BCUT2D eigenvalue weighted by Gasteiger charge is -2.11. The maximum Gasteiger partial charge on any atom is 0.271 e. The molecule has 0 bridgehead atoms. The highest BCUT2D eigenvalue weighted by atomic mass is 79.9. The van der Waals surface area contributed by atoms with Crippen molar-refractivity contribution in [2.24, 2.45) is 0 Å². The van der Waals surface area contributed by atoms with Crippen LogP contribution in [-0.4, -0.2) is 13.5 Å². The number of hydrogen-bond donors (Lipinski definition) is 2. The summed E-state index contributed by atoms with van der Waals surface area (Å²) in [5.41, 5.74) is 1.70. The molecule has 0 radical (unpaired) electrons. The van der Waals surface area contributed by atoms with Gasteiger partial charge in [-0.05, 0) is 59.1 Å². The molecule has 19 heavy (non-hydrogen) atoms. The zero-order valence-electron chi connectivity index (χ0n) is 10.3. The van der Waals surface area contributed by atoms with Gasteiger partial charge in [0.1, 0.15) is 9.96 Å². The minimum Gasteiger partial charge on any atom is -0.505 e. The SMILES string of the molecule is Cc1cc(C)c(O)c(NS(=O)(=O)c2ccc(Br)s2)c1. The Morgan fingerprint density at radius 1 is 1.26 bits per heavy atom. The Morgan fingerprint density at radius 3 is 2.53 bits per heavy atom. The van der Waals surface area contributed by atoms with Gasteiger partial charge >= 0.3 is 0 Å². The van der Waals surface area contributed by atoms with Gasteiger partial charge in [-0.2, -0.15) is 0 Å². The van der Waals surface area contributed by atoms with Gasteiger partial charge in [-0.1, -0.05) is 6.07 Å². The summed E-state index contributed by atoms with van der Waals surface area (Å²) in [6, 6.07) is 6.56. The Kier molecular flexibility index (Phi) is 3.89. The van der Waals surface area contributed by atoms with Crippen LogP contribution in [0.15, 0.2) is 32.3 Å². The normalized spacial score (nSPS) is 11.5. The summed E-state index contributed by atoms with van der Waals surface area (Å²) < 4.78 is 27.7. The third kappa shape index (κ3) is 3.10. The van der Waals surface area contributed by atoms with Gasteiger partial charge in [0.2, 0.25) is 0 Å². The fourth-order valence-corrected chi connectivity index (χ4v) is 4.74. The van der Waals surface area contributed by atoms with Crippen molar-refractivity contribution in [1.29, 1.82) is 0 Å². The Bertz CT molecular complexity index is 723. The maximum absolute atomic E-state index is 12.2. The summed E-state index contributed by atoms with van der Waals surface area (Å²) in [5, 5.41) is 9.90. The van der Waals surface area contributed by atoms with Gasteiger partial charge in [-0.3, -0.25) is 4.72 Å². The number of nitrogens with one attached hydrogen (secondary N) is 1. The fourth-order valence-electron chi connectivity index (χ4n) is 1.67. The largest absolute Gasteiger partial charge is 0.505 e. The van der Waals surface area contributed by atoms with Crippen LogP contribution in [0, 0.1) is 13.8 Å². The first-order valence-electron chi connectivity index (χ1n) is 5.38. The van der Waals surface area contributed by atoms with Crippen LogP contribution in [0.4, 0.5) is 5.69 Å². The molecule has 2 N–H and O–H groups in total. The lowest BCUT2D eigenvalue weighted by Crippen LogP contribution is -2.11. The van der Waals surface area contributed by atoms with Crippen LogP contribution in [-0.2, 0) is 10.0 Å². The lowest BCUT2D eigenvalue weighted by atomic mass is 10.1. The zero-order valence-corrected chi connectivity index (χ0v) is 13.5. The molecule has 0 atom stereocenters. The molecule has 0 saturated heterocycles. The Labute approximate surface area is 124 Å². The van der Waals surface area contributed by atoms with E-state index in [1.807, 2.05) is 6.92 Å². The summed E-state index contributed by atoms with van der Waals surface area (Å²) in [6.07, 6.45) is 0. The average Bonchev–Trinajstić information content (AvgIpc) is 2.72. The molecule has 1 aromatic carbocycles. The van der Waals surface area contributed by atoms with Crippen molar-refractivity contribution < 1.29 is 13.5 Å². The Balaban J connectivity index is 2.41. The van der Waals surface area contributed by atoms with Crippen molar-refractivity contribution >= 4 is 43.0 Å². The molecule has 0 amide bonds. The zero-order chi connectivity index (χ0) is 14.2. The van der Waals surface area contributed by atoms with E-state index in [1.54, 1.807) is 25.1 Å². The van der Waals surface area contributed by atoms with E-state index in [1.165, 1.54) is 6.07 Å². The number of sulfonamides is 1. The number of hydrogen-bond acceptors (Lipinski definition) is 4. The molecule has 2 aromatic rings. The fraction of sp³-hybridized carbons (Fsp3) is 0.167. The first-order chi connectivity index (χ1) is 8.79. The van der Waals surface area contributed by atoms with Crippen LogP contribution in [0.25, 0.3) is 0 Å². The molecule has 0 unspecified atom stereocenters. The predicted molar refractivity (Wildman–Crippen MR) is 80.4 cm³/mol. The third-order valence-corrected chi connectivity index (χ3v) is 5.98. The maximum atomic E-state index is 12.2. The average molecular weight is 362 g/mol. The van der Waals surface area contributed by atoms with Crippen molar-refractivity contribution in [2.75, 3.05) is 4.72 Å². The second-order valence-corrected chi connectivity index (χ2v) is 8.51. The van der Waals surface area contributed by atoms with Crippen molar-refractivity contribution in [1.82, 2.24) is 0 Å². The van der Waals surface area contributed by atoms with E-state index < -0.39 is 10.0 Å². The molecular weight excluding hydrogens is 350 g/mol. The van der Waals surface area contributed by atoms with E-state index in [0.29, 0.717) is 5.56 Å². The minimum atomic E-state index is -3.67. The van der Waals surface area contributed by atoms with Crippen LogP contribution in [0.1, 0.15) is 11.1 Å². The van der Waals surface area contributed by atoms with Crippen LogP contribution in [0.3, 0.4) is 0 Å². The van der Waals surface area contributed by atoms with E-state index >= 15 is 0 Å². The molecule has 0 saturated carbocycles. The molecule has 4 nitrogen and oxygen atoms in total. The highest BCUT2D eigenvalue weighted by Crippen LogP contribution is 2.32. The molecule has 0 fully saturated rings. The first kappa shape index (κ1) is 14.4. The van der Waals surface area contributed by atoms with Crippen LogP contribution >= 0.6 is 27.3 Å². The van der Waals surface area contributed by atoms with Crippen LogP contribution in [0.2, 0.25) is 0 Å². The van der Waals surface area contributed by atoms with Gasteiger partial charge in [-0.25, -0.2) is 8.42 Å². The Hall–Kier alpha value is -1.05. The van der Waals surface area contributed by atoms with Gasteiger partial charge in [-0.15, -0.1) is 11.3 Å². The van der Waals surface area contributed by atoms with Gasteiger partial charge in [0, 0.05) is 0 Å². The number of thiophene rings is 1. The molecule has 1 aromatic heterocycles. The monoisotopic (exact) mass is 361 g/mol. The lowest BCUT2D eigenvalue weighted by molar-refractivity contribution is 0.473. The van der Waals surface area contributed by atoms with Crippen molar-refractivity contribution in [3.05, 3.63) is 39.2 Å². The standard InChI is InChI=1S/C12H12BrNO3S2/c1-7-5-8(2)12(15)9(6-7)14-19(16,17)11-4-3-10(13)18-11/h3-6,14-15H,1-2H3. The number of halogens is 1. The predicted octanol–water partition coefficient (Wildman–Crippen LogP) is 3.63. The van der Waals surface area contributed by atoms with E-state index in [2.05, 4.69) is 20.7 Å². The number of phenols is 1. The first-order valence-corrected chi connectivity index (χ1v) is 8.47. The summed E-state index contributed by atoms with van der Waals surface area (Å²) in [6.45, 7) is 3.56. The molecule has 0 spiro atoms. The number of phenolic OH excluding ortho intramolecular Hbond substituents is 1. The molecule has 0 aliphatic carbocycles. The van der Waals surface area contributed by atoms with Gasteiger partial charge in [0.05, 0.1) is 9.47 Å². The van der Waals surface area contributed by atoms with Gasteiger partial charge < -0.3 is 5.11 Å². The third-order valence-electron chi connectivity index (χ3n) is 2.50. The molecule has 7 heteroatoms. The van der Waals surface area contributed by atoms with Gasteiger partial charge in [0.15, 0.2) is 0 Å². The van der Waals surface area contributed by atoms with Crippen LogP contribution < -0.4 is 4.72 Å². The number of aromatic hydroxyl groups is 1. The van der Waals surface area contributed by atoms with Crippen molar-refractivity contribution in [2.45, 2.75) is 18.1 Å². The smallest absolute Gasteiger partial charge is 0.271 e. The highest BCUT2D eigenvalue weighted by Gasteiger charge is 2.19. The molecule has 0 aliphatic rings. The summed E-state index contributed by atoms with van der Waals surface area (Å²) in [7, 11) is -3.67. The number of benzene rings is 1. The molecular formula is C12H12BrNO3S2. The topological polar surface area (TPSA) is 66.4 Å². The summed E-state index contributed by atoms with van der Waals surface area (Å²) in [5.74, 6) is -0.0511. The molecule has 1 heterocycles. The summed E-state index contributed by atoms with van der Waals surface area (Å²) >= 11 is 4.34. The van der Waals surface area contributed by atoms with Crippen LogP contribution in [0.5, 0.6) is 5.75 Å². The van der Waals surface area contributed by atoms with Gasteiger partial charge in [0.25, 0.3) is 10.0 Å². The van der Waals surface area contributed by atoms with E-state index in [9.17, 15) is 13.5 Å². The number of rotatable bonds is 3. The van der Waals surface area contributed by atoms with E-state index in [0.717, 1.165) is 20.7 Å². The second kappa shape index (κ2) is 5.15. The number of anilines is 1. The van der Waals surface area contributed by atoms with Crippen molar-refractivity contribution in [3.63, 3.8) is 0 Å².